The Morgan fingerprint density at radius 2 is 1.84 bits per heavy atom. The van der Waals surface area contributed by atoms with Gasteiger partial charge in [0, 0.05) is 32.0 Å². The third-order valence-electron chi connectivity index (χ3n) is 6.80. The molecule has 1 aromatic carbocycles. The zero-order valence-corrected chi connectivity index (χ0v) is 18.7. The number of allylic oxidation sites excluding steroid dienone is 4. The van der Waals surface area contributed by atoms with Crippen molar-refractivity contribution in [3.05, 3.63) is 54.4 Å². The Hall–Kier alpha value is -2.69. The number of piperidine rings is 1. The maximum absolute atomic E-state index is 13.5. The number of fused-ring (bicyclic) bond motifs is 1. The van der Waals surface area contributed by atoms with E-state index in [-0.39, 0.29) is 17.6 Å². The molecule has 0 N–H and O–H groups in total. The Kier molecular flexibility index (Phi) is 6.69. The molecule has 2 aliphatic rings. The second-order valence-electron chi connectivity index (χ2n) is 8.93. The summed E-state index contributed by atoms with van der Waals surface area (Å²) in [5.74, 6) is 1.85. The van der Waals surface area contributed by atoms with Crippen LogP contribution in [0.25, 0.3) is 11.0 Å². The number of hydrogen-bond acceptors (Lipinski definition) is 3. The van der Waals surface area contributed by atoms with Gasteiger partial charge in [0.2, 0.25) is 11.7 Å². The normalized spacial score (nSPS) is 21.7. The number of rotatable bonds is 7. The van der Waals surface area contributed by atoms with Crippen molar-refractivity contribution < 1.29 is 9.59 Å². The molecule has 2 atom stereocenters. The van der Waals surface area contributed by atoms with Gasteiger partial charge in [-0.1, -0.05) is 50.3 Å². The standard InChI is InChI=1S/C26H33N3O2/c1-3-8-24(30)28-16-13-21(14-17-28)25(31)26-27-22-11-6-7-12-23(22)29(26)18-15-20-10-5-4-9-19(20)2/h4-7,9-12,19-21H,3,8,13-18H2,1-2H3. The van der Waals surface area contributed by atoms with Gasteiger partial charge in [-0.25, -0.2) is 4.98 Å². The minimum absolute atomic E-state index is 0.0577. The molecule has 1 amide bonds. The lowest BCUT2D eigenvalue weighted by atomic mass is 9.87. The van der Waals surface area contributed by atoms with Crippen molar-refractivity contribution in [1.82, 2.24) is 14.5 Å². The molecule has 5 nitrogen and oxygen atoms in total. The van der Waals surface area contributed by atoms with Crippen LogP contribution < -0.4 is 0 Å². The molecule has 2 unspecified atom stereocenters. The quantitative estimate of drug-likeness (QED) is 0.592. The lowest BCUT2D eigenvalue weighted by Crippen LogP contribution is -2.40. The Morgan fingerprint density at radius 1 is 1.10 bits per heavy atom. The van der Waals surface area contributed by atoms with Crippen LogP contribution in [0.2, 0.25) is 0 Å². The lowest BCUT2D eigenvalue weighted by Gasteiger charge is -2.31. The molecule has 2 heterocycles. The van der Waals surface area contributed by atoms with Crippen molar-refractivity contribution in [2.24, 2.45) is 17.8 Å². The highest BCUT2D eigenvalue weighted by atomic mass is 16.2. The molecule has 1 fully saturated rings. The molecule has 164 valence electrons. The molecule has 0 spiro atoms. The molecule has 1 aliphatic carbocycles. The summed E-state index contributed by atoms with van der Waals surface area (Å²) in [7, 11) is 0. The maximum atomic E-state index is 13.5. The van der Waals surface area contributed by atoms with Crippen LogP contribution in [0.3, 0.4) is 0 Å². The van der Waals surface area contributed by atoms with Crippen LogP contribution in [-0.4, -0.2) is 39.2 Å². The van der Waals surface area contributed by atoms with Crippen molar-refractivity contribution in [2.75, 3.05) is 13.1 Å². The van der Waals surface area contributed by atoms with E-state index in [9.17, 15) is 9.59 Å². The topological polar surface area (TPSA) is 55.2 Å². The number of carbonyl (C=O) groups is 2. The predicted molar refractivity (Wildman–Crippen MR) is 124 cm³/mol. The Balaban J connectivity index is 1.51. The first-order valence-corrected chi connectivity index (χ1v) is 11.7. The molecule has 2 aromatic rings. The monoisotopic (exact) mass is 419 g/mol. The van der Waals surface area contributed by atoms with Gasteiger partial charge in [0.15, 0.2) is 5.82 Å². The molecule has 1 aromatic heterocycles. The van der Waals surface area contributed by atoms with Gasteiger partial charge < -0.3 is 9.47 Å². The number of nitrogens with zero attached hydrogens (tertiary/aromatic N) is 3. The molecule has 0 saturated carbocycles. The van der Waals surface area contributed by atoms with Crippen LogP contribution in [-0.2, 0) is 11.3 Å². The van der Waals surface area contributed by atoms with Crippen molar-refractivity contribution in [3.63, 3.8) is 0 Å². The van der Waals surface area contributed by atoms with Crippen molar-refractivity contribution in [3.8, 4) is 0 Å². The van der Waals surface area contributed by atoms with Gasteiger partial charge in [-0.05, 0) is 49.7 Å². The van der Waals surface area contributed by atoms with E-state index in [4.69, 9.17) is 4.98 Å². The van der Waals surface area contributed by atoms with Crippen LogP contribution in [0.1, 0.15) is 56.6 Å². The SMILES string of the molecule is CCCC(=O)N1CCC(C(=O)c2nc3ccccc3n2CCC2C=CC=CC2C)CC1. The minimum Gasteiger partial charge on any atom is -0.343 e. The summed E-state index contributed by atoms with van der Waals surface area (Å²) in [5, 5.41) is 0. The van der Waals surface area contributed by atoms with Gasteiger partial charge in [0.05, 0.1) is 11.0 Å². The Labute approximate surface area is 184 Å². The van der Waals surface area contributed by atoms with E-state index in [2.05, 4.69) is 41.9 Å². The summed E-state index contributed by atoms with van der Waals surface area (Å²) in [6.45, 7) is 6.40. The molecule has 31 heavy (non-hydrogen) atoms. The lowest BCUT2D eigenvalue weighted by molar-refractivity contribution is -0.132. The highest BCUT2D eigenvalue weighted by Crippen LogP contribution is 2.27. The van der Waals surface area contributed by atoms with Crippen LogP contribution in [0.4, 0.5) is 0 Å². The zero-order valence-electron chi connectivity index (χ0n) is 18.7. The molecule has 1 saturated heterocycles. The first kappa shape index (κ1) is 21.5. The van der Waals surface area contributed by atoms with Crippen LogP contribution in [0.15, 0.2) is 48.6 Å². The third kappa shape index (κ3) is 4.65. The van der Waals surface area contributed by atoms with Gasteiger partial charge in [-0.2, -0.15) is 0 Å². The van der Waals surface area contributed by atoms with Gasteiger partial charge in [-0.15, -0.1) is 0 Å². The third-order valence-corrected chi connectivity index (χ3v) is 6.80. The minimum atomic E-state index is -0.0577. The highest BCUT2D eigenvalue weighted by Gasteiger charge is 2.31. The summed E-state index contributed by atoms with van der Waals surface area (Å²) >= 11 is 0. The number of hydrogen-bond donors (Lipinski definition) is 0. The van der Waals surface area contributed by atoms with E-state index < -0.39 is 0 Å². The molecular weight excluding hydrogens is 386 g/mol. The number of likely N-dealkylation sites (tertiary alicyclic amines) is 1. The van der Waals surface area contributed by atoms with Crippen molar-refractivity contribution in [2.45, 2.75) is 52.5 Å². The largest absolute Gasteiger partial charge is 0.343 e. The van der Waals surface area contributed by atoms with Gasteiger partial charge in [0.25, 0.3) is 0 Å². The van der Waals surface area contributed by atoms with E-state index in [1.807, 2.05) is 30.0 Å². The second-order valence-corrected chi connectivity index (χ2v) is 8.93. The van der Waals surface area contributed by atoms with E-state index >= 15 is 0 Å². The molecule has 4 rings (SSSR count). The van der Waals surface area contributed by atoms with Crippen molar-refractivity contribution in [1.29, 1.82) is 0 Å². The molecule has 1 aliphatic heterocycles. The second kappa shape index (κ2) is 9.63. The number of benzene rings is 1. The van der Waals surface area contributed by atoms with Crippen LogP contribution >= 0.6 is 0 Å². The number of aromatic nitrogens is 2. The number of imidazole rings is 1. The molecule has 0 radical (unpaired) electrons. The number of aryl methyl sites for hydroxylation is 1. The smallest absolute Gasteiger partial charge is 0.222 e. The molecule has 0 bridgehead atoms. The average molecular weight is 420 g/mol. The Bertz CT molecular complexity index is 995. The number of para-hydroxylation sites is 2. The molecule has 5 heteroatoms. The van der Waals surface area contributed by atoms with Gasteiger partial charge >= 0.3 is 0 Å². The first-order chi connectivity index (χ1) is 15.1. The van der Waals surface area contributed by atoms with E-state index in [0.29, 0.717) is 37.2 Å². The highest BCUT2D eigenvalue weighted by molar-refractivity contribution is 5.98. The van der Waals surface area contributed by atoms with E-state index in [0.717, 1.165) is 43.3 Å². The maximum Gasteiger partial charge on any atom is 0.222 e. The molecular formula is C26H33N3O2. The fourth-order valence-electron chi connectivity index (χ4n) is 4.84. The predicted octanol–water partition coefficient (Wildman–Crippen LogP) is 5.03. The summed E-state index contributed by atoms with van der Waals surface area (Å²) < 4.78 is 2.13. The number of amides is 1. The summed E-state index contributed by atoms with van der Waals surface area (Å²) in [6, 6.07) is 8.03. The van der Waals surface area contributed by atoms with E-state index in [1.165, 1.54) is 0 Å². The Morgan fingerprint density at radius 3 is 2.58 bits per heavy atom. The van der Waals surface area contributed by atoms with E-state index in [1.54, 1.807) is 0 Å². The number of ketones is 1. The number of carbonyl (C=O) groups excluding carboxylic acids is 2. The van der Waals surface area contributed by atoms with Crippen LogP contribution in [0, 0.1) is 17.8 Å². The zero-order chi connectivity index (χ0) is 21.8. The van der Waals surface area contributed by atoms with Gasteiger partial charge in [-0.3, -0.25) is 9.59 Å². The average Bonchev–Trinajstić information content (AvgIpc) is 3.17. The fraction of sp³-hybridized carbons (Fsp3) is 0.500. The van der Waals surface area contributed by atoms with Crippen LogP contribution in [0.5, 0.6) is 0 Å². The summed E-state index contributed by atoms with van der Waals surface area (Å²) in [6.07, 6.45) is 12.6. The number of Topliss-reactive ketones (excluding diaryl/α,β-unsaturated/α-hetero) is 1. The van der Waals surface area contributed by atoms with Gasteiger partial charge in [0.1, 0.15) is 0 Å². The summed E-state index contributed by atoms with van der Waals surface area (Å²) in [5.41, 5.74) is 1.91. The summed E-state index contributed by atoms with van der Waals surface area (Å²) in [4.78, 5) is 32.4. The fourth-order valence-corrected chi connectivity index (χ4v) is 4.84. The first-order valence-electron chi connectivity index (χ1n) is 11.7. The van der Waals surface area contributed by atoms with Crippen molar-refractivity contribution >= 4 is 22.7 Å².